The van der Waals surface area contributed by atoms with Gasteiger partial charge in [-0.05, 0) is 20.0 Å². The molecule has 0 aromatic heterocycles. The fraction of sp³-hybridized carbons (Fsp3) is 1.00. The molecule has 0 aromatic rings. The maximum atomic E-state index is 11.0. The van der Waals surface area contributed by atoms with Gasteiger partial charge < -0.3 is 0 Å². The van der Waals surface area contributed by atoms with Gasteiger partial charge in [0.15, 0.2) is 0 Å². The van der Waals surface area contributed by atoms with Crippen LogP contribution in [-0.2, 0) is 11.0 Å². The van der Waals surface area contributed by atoms with Gasteiger partial charge in [0.25, 0.3) is 0 Å². The van der Waals surface area contributed by atoms with Crippen LogP contribution in [0.1, 0.15) is 13.8 Å². The molecule has 0 rings (SSSR count). The third-order valence-corrected chi connectivity index (χ3v) is 2.65. The van der Waals surface area contributed by atoms with Crippen molar-refractivity contribution in [3.63, 3.8) is 0 Å². The lowest BCUT2D eigenvalue weighted by molar-refractivity contribution is 0.588. The highest BCUT2D eigenvalue weighted by molar-refractivity contribution is 7.82. The predicted octanol–water partition coefficient (Wildman–Crippen LogP) is 0.868. The summed E-state index contributed by atoms with van der Waals surface area (Å²) in [6, 6.07) is 0. The Balaban J connectivity index is 3.51. The van der Waals surface area contributed by atoms with E-state index in [0.29, 0.717) is 5.92 Å². The average Bonchev–Trinajstić information content (AvgIpc) is 1.63. The molecular weight excluding hydrogens is 134 g/mol. The van der Waals surface area contributed by atoms with Crippen molar-refractivity contribution in [2.75, 3.05) is 19.8 Å². The number of hydrogen-bond acceptors (Lipinski definition) is 1. The van der Waals surface area contributed by atoms with Crippen LogP contribution >= 0.6 is 0 Å². The second kappa shape index (κ2) is 4.01. The molecule has 0 heterocycles. The molecular formula is C6H15NOS. The topological polar surface area (TPSA) is 20.3 Å². The van der Waals surface area contributed by atoms with E-state index in [9.17, 15) is 4.21 Å². The van der Waals surface area contributed by atoms with Crippen molar-refractivity contribution in [3.8, 4) is 0 Å². The molecule has 0 saturated heterocycles. The van der Waals surface area contributed by atoms with Gasteiger partial charge in [0.2, 0.25) is 0 Å². The summed E-state index contributed by atoms with van der Waals surface area (Å²) in [5.41, 5.74) is 0. The van der Waals surface area contributed by atoms with Gasteiger partial charge in [0, 0.05) is 5.75 Å². The molecule has 0 spiro atoms. The highest BCUT2D eigenvalue weighted by Crippen LogP contribution is 1.96. The first-order valence-electron chi connectivity index (χ1n) is 3.10. The van der Waals surface area contributed by atoms with Crippen LogP contribution in [0, 0.1) is 5.92 Å². The fourth-order valence-electron chi connectivity index (χ4n) is 0.434. The molecule has 0 N–H and O–H groups in total. The van der Waals surface area contributed by atoms with E-state index in [-0.39, 0.29) is 0 Å². The summed E-state index contributed by atoms with van der Waals surface area (Å²) >= 11 is 0. The number of hydrogen-bond donors (Lipinski definition) is 0. The Morgan fingerprint density at radius 3 is 2.00 bits per heavy atom. The van der Waals surface area contributed by atoms with Gasteiger partial charge in [-0.1, -0.05) is 13.8 Å². The molecule has 0 fully saturated rings. The molecule has 0 aliphatic rings. The average molecular weight is 149 g/mol. The maximum absolute atomic E-state index is 11.0. The highest BCUT2D eigenvalue weighted by atomic mass is 32.2. The molecule has 2 nitrogen and oxygen atoms in total. The van der Waals surface area contributed by atoms with Crippen LogP contribution in [0.4, 0.5) is 0 Å². The van der Waals surface area contributed by atoms with Gasteiger partial charge in [-0.2, -0.15) is 0 Å². The van der Waals surface area contributed by atoms with Gasteiger partial charge in [-0.25, -0.2) is 8.51 Å². The van der Waals surface area contributed by atoms with Crippen LogP contribution in [0.3, 0.4) is 0 Å². The summed E-state index contributed by atoms with van der Waals surface area (Å²) in [6.07, 6.45) is 0. The SMILES string of the molecule is CC(C)CS(=O)N(C)C. The van der Waals surface area contributed by atoms with Crippen molar-refractivity contribution in [3.05, 3.63) is 0 Å². The highest BCUT2D eigenvalue weighted by Gasteiger charge is 2.03. The van der Waals surface area contributed by atoms with E-state index in [0.717, 1.165) is 5.75 Å². The Morgan fingerprint density at radius 2 is 1.89 bits per heavy atom. The van der Waals surface area contributed by atoms with E-state index in [1.165, 1.54) is 0 Å². The summed E-state index contributed by atoms with van der Waals surface area (Å²) < 4.78 is 12.7. The quantitative estimate of drug-likeness (QED) is 0.583. The van der Waals surface area contributed by atoms with Crippen LogP contribution < -0.4 is 0 Å². The Hall–Kier alpha value is 0.110. The molecule has 9 heavy (non-hydrogen) atoms. The largest absolute Gasteiger partial charge is 0.243 e. The summed E-state index contributed by atoms with van der Waals surface area (Å²) in [6.45, 7) is 4.14. The van der Waals surface area contributed by atoms with Gasteiger partial charge in [-0.3, -0.25) is 0 Å². The van der Waals surface area contributed by atoms with Crippen LogP contribution in [-0.4, -0.2) is 28.4 Å². The Bertz CT molecular complexity index is 101. The second-order valence-electron chi connectivity index (χ2n) is 2.69. The van der Waals surface area contributed by atoms with Gasteiger partial charge in [0.1, 0.15) is 0 Å². The van der Waals surface area contributed by atoms with E-state index in [1.54, 1.807) is 4.31 Å². The molecule has 1 unspecified atom stereocenters. The molecule has 0 radical (unpaired) electrons. The fourth-order valence-corrected chi connectivity index (χ4v) is 1.30. The van der Waals surface area contributed by atoms with Gasteiger partial charge in [-0.15, -0.1) is 0 Å². The first-order chi connectivity index (χ1) is 4.04. The van der Waals surface area contributed by atoms with Crippen molar-refractivity contribution < 1.29 is 4.21 Å². The monoisotopic (exact) mass is 149 g/mol. The lowest BCUT2D eigenvalue weighted by Crippen LogP contribution is -2.20. The minimum atomic E-state index is -0.769. The van der Waals surface area contributed by atoms with Crippen molar-refractivity contribution in [1.29, 1.82) is 0 Å². The second-order valence-corrected chi connectivity index (χ2v) is 4.40. The predicted molar refractivity (Wildman–Crippen MR) is 41.5 cm³/mol. The molecule has 1 atom stereocenters. The van der Waals surface area contributed by atoms with Crippen LogP contribution in [0.5, 0.6) is 0 Å². The zero-order valence-corrected chi connectivity index (χ0v) is 7.36. The third kappa shape index (κ3) is 4.60. The normalized spacial score (nSPS) is 14.9. The van der Waals surface area contributed by atoms with Crippen molar-refractivity contribution in [2.24, 2.45) is 5.92 Å². The van der Waals surface area contributed by atoms with E-state index < -0.39 is 11.0 Å². The third-order valence-electron chi connectivity index (χ3n) is 0.883. The van der Waals surface area contributed by atoms with Crippen molar-refractivity contribution >= 4 is 11.0 Å². The molecule has 0 aliphatic carbocycles. The molecule has 0 saturated carbocycles. The standard InChI is InChI=1S/C6H15NOS/c1-6(2)5-9(8)7(3)4/h6H,5H2,1-4H3. The molecule has 0 aromatic carbocycles. The van der Waals surface area contributed by atoms with E-state index in [1.807, 2.05) is 14.1 Å². The lowest BCUT2D eigenvalue weighted by Gasteiger charge is -2.10. The van der Waals surface area contributed by atoms with E-state index in [4.69, 9.17) is 0 Å². The summed E-state index contributed by atoms with van der Waals surface area (Å²) in [5, 5.41) is 0. The first-order valence-corrected chi connectivity index (χ1v) is 4.37. The molecule has 0 aliphatic heterocycles. The molecule has 0 amide bonds. The van der Waals surface area contributed by atoms with E-state index >= 15 is 0 Å². The van der Waals surface area contributed by atoms with Gasteiger partial charge in [0.05, 0.1) is 11.0 Å². The summed E-state index contributed by atoms with van der Waals surface area (Å²) in [4.78, 5) is 0. The molecule has 0 bridgehead atoms. The maximum Gasteiger partial charge on any atom is 0.0939 e. The Kier molecular flexibility index (Phi) is 4.06. The Labute approximate surface area is 59.8 Å². The summed E-state index contributed by atoms with van der Waals surface area (Å²) in [5.74, 6) is 1.29. The van der Waals surface area contributed by atoms with Crippen LogP contribution in [0.2, 0.25) is 0 Å². The van der Waals surface area contributed by atoms with Gasteiger partial charge >= 0.3 is 0 Å². The Morgan fingerprint density at radius 1 is 1.44 bits per heavy atom. The van der Waals surface area contributed by atoms with Crippen LogP contribution in [0.25, 0.3) is 0 Å². The molecule has 56 valence electrons. The summed E-state index contributed by atoms with van der Waals surface area (Å²) in [7, 11) is 2.90. The smallest absolute Gasteiger partial charge is 0.0939 e. The van der Waals surface area contributed by atoms with Crippen LogP contribution in [0.15, 0.2) is 0 Å². The lowest BCUT2D eigenvalue weighted by atomic mass is 10.3. The van der Waals surface area contributed by atoms with Crippen molar-refractivity contribution in [2.45, 2.75) is 13.8 Å². The first kappa shape index (κ1) is 9.11. The zero-order valence-electron chi connectivity index (χ0n) is 6.55. The number of nitrogens with zero attached hydrogens (tertiary/aromatic N) is 1. The number of rotatable bonds is 3. The molecule has 3 heteroatoms. The van der Waals surface area contributed by atoms with E-state index in [2.05, 4.69) is 13.8 Å². The zero-order chi connectivity index (χ0) is 7.44. The minimum Gasteiger partial charge on any atom is -0.243 e. The minimum absolute atomic E-state index is 0.522. The van der Waals surface area contributed by atoms with Crippen molar-refractivity contribution in [1.82, 2.24) is 4.31 Å².